The molecule has 0 aromatic rings. The molecule has 1 unspecified atom stereocenters. The summed E-state index contributed by atoms with van der Waals surface area (Å²) in [5, 5.41) is 8.75. The van der Waals surface area contributed by atoms with Crippen LogP contribution >= 0.6 is 0 Å². The van der Waals surface area contributed by atoms with Gasteiger partial charge < -0.3 is 14.7 Å². The first kappa shape index (κ1) is 14.9. The molecule has 16 heavy (non-hydrogen) atoms. The third-order valence-electron chi connectivity index (χ3n) is 2.27. The highest BCUT2D eigenvalue weighted by Crippen LogP contribution is 2.02. The maximum Gasteiger partial charge on any atom is 0.317 e. The summed E-state index contributed by atoms with van der Waals surface area (Å²) >= 11 is 0. The van der Waals surface area contributed by atoms with E-state index in [1.54, 1.807) is 25.9 Å². The third kappa shape index (κ3) is 5.09. The minimum Gasteiger partial charge on any atom is -0.480 e. The molecule has 0 bridgehead atoms. The van der Waals surface area contributed by atoms with Gasteiger partial charge in [0.2, 0.25) is 5.91 Å². The molecule has 0 radical (unpaired) electrons. The highest BCUT2D eigenvalue weighted by molar-refractivity contribution is 5.81. The predicted octanol–water partition coefficient (Wildman–Crippen LogP) is -0.504. The van der Waals surface area contributed by atoms with Gasteiger partial charge >= 0.3 is 5.97 Å². The fourth-order valence-corrected chi connectivity index (χ4v) is 1.32. The molecule has 0 aliphatic carbocycles. The Morgan fingerprint density at radius 1 is 1.38 bits per heavy atom. The van der Waals surface area contributed by atoms with Crippen molar-refractivity contribution in [3.63, 3.8) is 0 Å². The van der Waals surface area contributed by atoms with Gasteiger partial charge in [-0.15, -0.1) is 0 Å². The van der Waals surface area contributed by atoms with E-state index in [1.165, 1.54) is 12.0 Å². The Kier molecular flexibility index (Phi) is 6.67. The van der Waals surface area contributed by atoms with Crippen molar-refractivity contribution in [1.82, 2.24) is 9.80 Å². The maximum absolute atomic E-state index is 11.7. The molecule has 1 atom stereocenters. The van der Waals surface area contributed by atoms with Crippen LogP contribution in [0.3, 0.4) is 0 Å². The molecule has 0 saturated heterocycles. The number of ether oxygens (including phenoxy) is 1. The van der Waals surface area contributed by atoms with Crippen LogP contribution in [0.5, 0.6) is 0 Å². The molecule has 0 fully saturated rings. The van der Waals surface area contributed by atoms with Crippen LogP contribution in [0.1, 0.15) is 6.92 Å². The van der Waals surface area contributed by atoms with Crippen LogP contribution in [0.25, 0.3) is 0 Å². The van der Waals surface area contributed by atoms with E-state index >= 15 is 0 Å². The van der Waals surface area contributed by atoms with E-state index < -0.39 is 12.0 Å². The smallest absolute Gasteiger partial charge is 0.317 e. The number of nitrogens with zero attached hydrogens (tertiary/aromatic N) is 2. The zero-order valence-electron chi connectivity index (χ0n) is 10.3. The summed E-state index contributed by atoms with van der Waals surface area (Å²) in [6.07, 6.45) is 0. The molecule has 0 aliphatic rings. The number of carboxylic acids is 1. The second-order valence-corrected chi connectivity index (χ2v) is 3.77. The second-order valence-electron chi connectivity index (χ2n) is 3.77. The molecule has 94 valence electrons. The molecule has 0 aromatic heterocycles. The van der Waals surface area contributed by atoms with Gasteiger partial charge in [-0.1, -0.05) is 0 Å². The average molecular weight is 232 g/mol. The summed E-state index contributed by atoms with van der Waals surface area (Å²) in [5.41, 5.74) is 0. The normalized spacial score (nSPS) is 12.6. The van der Waals surface area contributed by atoms with Crippen molar-refractivity contribution in [2.45, 2.75) is 13.0 Å². The summed E-state index contributed by atoms with van der Waals surface area (Å²) in [5.74, 6) is -1.06. The Hall–Kier alpha value is -1.14. The van der Waals surface area contributed by atoms with Crippen LogP contribution in [-0.4, -0.2) is 73.7 Å². The summed E-state index contributed by atoms with van der Waals surface area (Å²) in [7, 11) is 4.83. The predicted molar refractivity (Wildman–Crippen MR) is 59.2 cm³/mol. The fourth-order valence-electron chi connectivity index (χ4n) is 1.32. The number of carbonyl (C=O) groups excluding carboxylic acids is 1. The van der Waals surface area contributed by atoms with Crippen molar-refractivity contribution >= 4 is 11.9 Å². The first-order chi connectivity index (χ1) is 7.40. The molecule has 0 spiro atoms. The lowest BCUT2D eigenvalue weighted by Crippen LogP contribution is -2.47. The van der Waals surface area contributed by atoms with E-state index in [9.17, 15) is 9.59 Å². The molecule has 0 heterocycles. The van der Waals surface area contributed by atoms with Crippen molar-refractivity contribution in [2.24, 2.45) is 0 Å². The van der Waals surface area contributed by atoms with Crippen molar-refractivity contribution in [3.05, 3.63) is 0 Å². The summed E-state index contributed by atoms with van der Waals surface area (Å²) in [6.45, 7) is 2.35. The van der Waals surface area contributed by atoms with Gasteiger partial charge in [-0.05, 0) is 6.92 Å². The van der Waals surface area contributed by atoms with Gasteiger partial charge in [-0.2, -0.15) is 0 Å². The van der Waals surface area contributed by atoms with Gasteiger partial charge in [0, 0.05) is 27.7 Å². The first-order valence-corrected chi connectivity index (χ1v) is 5.06. The Morgan fingerprint density at radius 3 is 2.31 bits per heavy atom. The van der Waals surface area contributed by atoms with Crippen molar-refractivity contribution in [3.8, 4) is 0 Å². The summed E-state index contributed by atoms with van der Waals surface area (Å²) in [6, 6.07) is -0.457. The van der Waals surface area contributed by atoms with E-state index in [4.69, 9.17) is 9.84 Å². The van der Waals surface area contributed by atoms with Gasteiger partial charge in [-0.25, -0.2) is 0 Å². The second kappa shape index (κ2) is 7.19. The van der Waals surface area contributed by atoms with Gasteiger partial charge in [0.25, 0.3) is 0 Å². The van der Waals surface area contributed by atoms with E-state index in [0.29, 0.717) is 13.2 Å². The minimum absolute atomic E-state index is 0.114. The lowest BCUT2D eigenvalue weighted by atomic mass is 10.2. The monoisotopic (exact) mass is 232 g/mol. The highest BCUT2D eigenvalue weighted by atomic mass is 16.5. The van der Waals surface area contributed by atoms with Crippen LogP contribution < -0.4 is 0 Å². The van der Waals surface area contributed by atoms with Crippen LogP contribution in [0, 0.1) is 0 Å². The van der Waals surface area contributed by atoms with Crippen molar-refractivity contribution < 1.29 is 19.4 Å². The topological polar surface area (TPSA) is 70.1 Å². The number of carboxylic acid groups (broad SMARTS) is 1. The zero-order valence-corrected chi connectivity index (χ0v) is 10.3. The number of likely N-dealkylation sites (N-methyl/N-ethyl adjacent to an activating group) is 1. The standard InChI is InChI=1S/C10H20N2O4/c1-8(10(15)11(2)3)12(5-6-16-4)7-9(13)14/h8H,5-7H2,1-4H3,(H,13,14). The number of amides is 1. The molecule has 6 nitrogen and oxygen atoms in total. The fraction of sp³-hybridized carbons (Fsp3) is 0.800. The summed E-state index contributed by atoms with van der Waals surface area (Å²) < 4.78 is 4.88. The molecule has 0 rings (SSSR count). The SMILES string of the molecule is COCCN(CC(=O)O)C(C)C(=O)N(C)C. The molecule has 1 amide bonds. The number of rotatable bonds is 7. The Balaban J connectivity index is 4.47. The number of methoxy groups -OCH3 is 1. The van der Waals surface area contributed by atoms with Gasteiger partial charge in [0.15, 0.2) is 0 Å². The quantitative estimate of drug-likeness (QED) is 0.640. The lowest BCUT2D eigenvalue weighted by Gasteiger charge is -2.28. The van der Waals surface area contributed by atoms with Gasteiger partial charge in [-0.3, -0.25) is 14.5 Å². The van der Waals surface area contributed by atoms with E-state index in [2.05, 4.69) is 0 Å². The van der Waals surface area contributed by atoms with Crippen LogP contribution in [0.2, 0.25) is 0 Å². The Labute approximate surface area is 95.8 Å². The van der Waals surface area contributed by atoms with Gasteiger partial charge in [0.05, 0.1) is 19.2 Å². The van der Waals surface area contributed by atoms with E-state index in [0.717, 1.165) is 0 Å². The van der Waals surface area contributed by atoms with Crippen LogP contribution in [0.15, 0.2) is 0 Å². The first-order valence-electron chi connectivity index (χ1n) is 5.06. The largest absolute Gasteiger partial charge is 0.480 e. The average Bonchev–Trinajstić information content (AvgIpc) is 2.21. The molecule has 6 heteroatoms. The van der Waals surface area contributed by atoms with Crippen LogP contribution in [-0.2, 0) is 14.3 Å². The Bertz CT molecular complexity index is 243. The number of hydrogen-bond donors (Lipinski definition) is 1. The zero-order chi connectivity index (χ0) is 12.7. The molecule has 1 N–H and O–H groups in total. The third-order valence-corrected chi connectivity index (χ3v) is 2.27. The lowest BCUT2D eigenvalue weighted by molar-refractivity contribution is -0.141. The summed E-state index contributed by atoms with van der Waals surface area (Å²) in [4.78, 5) is 25.4. The molecule has 0 saturated carbocycles. The minimum atomic E-state index is -0.950. The van der Waals surface area contributed by atoms with Crippen molar-refractivity contribution in [2.75, 3.05) is 40.9 Å². The number of hydrogen-bond acceptors (Lipinski definition) is 4. The van der Waals surface area contributed by atoms with E-state index in [1.807, 2.05) is 0 Å². The molecule has 0 aliphatic heterocycles. The van der Waals surface area contributed by atoms with E-state index in [-0.39, 0.29) is 12.5 Å². The van der Waals surface area contributed by atoms with Crippen LogP contribution in [0.4, 0.5) is 0 Å². The molecule has 0 aromatic carbocycles. The maximum atomic E-state index is 11.7. The number of carbonyl (C=O) groups is 2. The molecular formula is C10H20N2O4. The number of aliphatic carboxylic acids is 1. The van der Waals surface area contributed by atoms with Crippen molar-refractivity contribution in [1.29, 1.82) is 0 Å². The molecular weight excluding hydrogens is 212 g/mol. The Morgan fingerprint density at radius 2 is 1.94 bits per heavy atom. The highest BCUT2D eigenvalue weighted by Gasteiger charge is 2.23. The van der Waals surface area contributed by atoms with Gasteiger partial charge in [0.1, 0.15) is 0 Å².